The molecule has 1 aliphatic heterocycles. The highest BCUT2D eigenvalue weighted by molar-refractivity contribution is 7.99. The van der Waals surface area contributed by atoms with Crippen molar-refractivity contribution in [2.24, 2.45) is 0 Å². The Hall–Kier alpha value is -1.37. The van der Waals surface area contributed by atoms with Crippen LogP contribution in [-0.4, -0.2) is 18.0 Å². The van der Waals surface area contributed by atoms with Crippen molar-refractivity contribution in [1.82, 2.24) is 0 Å². The normalized spacial score (nSPS) is 14.8. The monoisotopic (exact) mass is 249 g/mol. The Kier molecular flexibility index (Phi) is 2.71. The van der Waals surface area contributed by atoms with E-state index in [0.29, 0.717) is 5.69 Å². The number of carbonyl (C=O) groups is 1. The van der Waals surface area contributed by atoms with Gasteiger partial charge in [0.2, 0.25) is 0 Å². The fourth-order valence-electron chi connectivity index (χ4n) is 1.21. The number of hydroxylamine groups is 1. The van der Waals surface area contributed by atoms with Crippen LogP contribution in [0.25, 0.3) is 0 Å². The molecule has 1 aromatic carbocycles. The second-order valence-electron chi connectivity index (χ2n) is 3.00. The van der Waals surface area contributed by atoms with Crippen LogP contribution in [0.1, 0.15) is 0 Å². The van der Waals surface area contributed by atoms with E-state index in [1.165, 1.54) is 11.8 Å². The van der Waals surface area contributed by atoms with Gasteiger partial charge in [0.1, 0.15) is 5.88 Å². The van der Waals surface area contributed by atoms with E-state index in [-0.39, 0.29) is 5.88 Å². The molecule has 0 fully saturated rings. The van der Waals surface area contributed by atoms with Gasteiger partial charge in [-0.3, -0.25) is 0 Å². The summed E-state index contributed by atoms with van der Waals surface area (Å²) in [5.41, 5.74) is 0.477. The van der Waals surface area contributed by atoms with Crippen molar-refractivity contribution in [3.63, 3.8) is 0 Å². The molecule has 86 valence electrons. The molecular weight excluding hydrogens is 243 g/mol. The molecule has 0 atom stereocenters. The number of fused-ring (bicyclic) bond motifs is 1. The number of rotatable bonds is 1. The van der Waals surface area contributed by atoms with E-state index in [9.17, 15) is 18.0 Å². The van der Waals surface area contributed by atoms with Crippen LogP contribution in [-0.2, 0) is 9.63 Å². The van der Waals surface area contributed by atoms with Crippen molar-refractivity contribution in [3.05, 3.63) is 24.3 Å². The van der Waals surface area contributed by atoms with Crippen molar-refractivity contribution in [2.45, 2.75) is 11.1 Å². The Bertz CT molecular complexity index is 421. The summed E-state index contributed by atoms with van der Waals surface area (Å²) in [6.45, 7) is 0. The molecule has 1 aliphatic rings. The topological polar surface area (TPSA) is 29.5 Å². The third kappa shape index (κ3) is 2.08. The Labute approximate surface area is 93.1 Å². The van der Waals surface area contributed by atoms with Crippen LogP contribution in [0, 0.1) is 0 Å². The fraction of sp³-hybridized carbons (Fsp3) is 0.222. The van der Waals surface area contributed by atoms with E-state index in [4.69, 9.17) is 0 Å². The number of hydrogen-bond acceptors (Lipinski definition) is 4. The van der Waals surface area contributed by atoms with E-state index in [2.05, 4.69) is 4.84 Å². The maximum absolute atomic E-state index is 12.0. The van der Waals surface area contributed by atoms with E-state index in [1.807, 2.05) is 0 Å². The Morgan fingerprint density at radius 2 is 2.06 bits per heavy atom. The highest BCUT2D eigenvalue weighted by atomic mass is 32.2. The largest absolute Gasteiger partial charge is 0.493 e. The number of para-hydroxylation sites is 1. The summed E-state index contributed by atoms with van der Waals surface area (Å²) in [5, 5.41) is 0.940. The van der Waals surface area contributed by atoms with Crippen molar-refractivity contribution in [3.8, 4) is 0 Å². The molecule has 0 aliphatic carbocycles. The fourth-order valence-corrected chi connectivity index (χ4v) is 2.15. The minimum atomic E-state index is -4.97. The summed E-state index contributed by atoms with van der Waals surface area (Å²) in [6.07, 6.45) is -4.97. The van der Waals surface area contributed by atoms with Crippen LogP contribution in [0.15, 0.2) is 29.2 Å². The number of thioether (sulfide) groups is 1. The molecule has 0 radical (unpaired) electrons. The molecule has 0 aromatic heterocycles. The van der Waals surface area contributed by atoms with Gasteiger partial charge in [-0.2, -0.15) is 18.2 Å². The van der Waals surface area contributed by atoms with E-state index >= 15 is 0 Å². The predicted molar refractivity (Wildman–Crippen MR) is 51.8 cm³/mol. The third-order valence-corrected chi connectivity index (χ3v) is 2.92. The quantitative estimate of drug-likeness (QED) is 0.765. The molecule has 1 aromatic rings. The summed E-state index contributed by atoms with van der Waals surface area (Å²) in [7, 11) is 0. The van der Waals surface area contributed by atoms with Gasteiger partial charge in [0.15, 0.2) is 0 Å². The highest BCUT2D eigenvalue weighted by Gasteiger charge is 2.43. The standard InChI is InChI=1S/C9H6F3NO2S/c10-9(11,12)8(14)15-13-5-16-7-4-2-1-3-6(7)13/h1-4H,5H2. The first-order valence-corrected chi connectivity index (χ1v) is 5.25. The molecule has 16 heavy (non-hydrogen) atoms. The first-order chi connectivity index (χ1) is 7.48. The van der Waals surface area contributed by atoms with Gasteiger partial charge in [-0.1, -0.05) is 23.9 Å². The molecule has 0 unspecified atom stereocenters. The Balaban J connectivity index is 2.12. The predicted octanol–water partition coefficient (Wildman–Crippen LogP) is 2.58. The van der Waals surface area contributed by atoms with Crippen LogP contribution in [0.3, 0.4) is 0 Å². The Morgan fingerprint density at radius 1 is 1.38 bits per heavy atom. The average Bonchev–Trinajstić information content (AvgIpc) is 2.61. The highest BCUT2D eigenvalue weighted by Crippen LogP contribution is 2.38. The summed E-state index contributed by atoms with van der Waals surface area (Å²) in [6, 6.07) is 6.78. The molecule has 1 heterocycles. The molecule has 0 N–H and O–H groups in total. The smallest absolute Gasteiger partial charge is 0.331 e. The summed E-state index contributed by atoms with van der Waals surface area (Å²) in [5.74, 6) is -2.04. The number of nitrogens with zero attached hydrogens (tertiary/aromatic N) is 1. The molecular formula is C9H6F3NO2S. The SMILES string of the molecule is O=C(ON1CSc2ccccc21)C(F)(F)F. The average molecular weight is 249 g/mol. The molecule has 7 heteroatoms. The van der Waals surface area contributed by atoms with Crippen LogP contribution in [0.5, 0.6) is 0 Å². The van der Waals surface area contributed by atoms with E-state index in [1.54, 1.807) is 24.3 Å². The van der Waals surface area contributed by atoms with Gasteiger partial charge >= 0.3 is 12.1 Å². The molecule has 0 amide bonds. The van der Waals surface area contributed by atoms with Gasteiger partial charge in [-0.25, -0.2) is 4.79 Å². The van der Waals surface area contributed by atoms with E-state index < -0.39 is 12.1 Å². The summed E-state index contributed by atoms with van der Waals surface area (Å²) >= 11 is 1.31. The van der Waals surface area contributed by atoms with E-state index in [0.717, 1.165) is 9.96 Å². The van der Waals surface area contributed by atoms with Gasteiger partial charge in [0.05, 0.1) is 5.69 Å². The second-order valence-corrected chi connectivity index (χ2v) is 3.98. The first kappa shape index (κ1) is 11.1. The summed E-state index contributed by atoms with van der Waals surface area (Å²) in [4.78, 5) is 15.7. The molecule has 0 saturated heterocycles. The zero-order valence-electron chi connectivity index (χ0n) is 7.82. The van der Waals surface area contributed by atoms with Gasteiger partial charge in [-0.05, 0) is 12.1 Å². The molecule has 0 bridgehead atoms. The van der Waals surface area contributed by atoms with Crippen LogP contribution < -0.4 is 5.06 Å². The van der Waals surface area contributed by atoms with Gasteiger partial charge in [-0.15, -0.1) is 0 Å². The maximum atomic E-state index is 12.0. The maximum Gasteiger partial charge on any atom is 0.493 e. The van der Waals surface area contributed by atoms with Gasteiger partial charge in [0, 0.05) is 4.90 Å². The van der Waals surface area contributed by atoms with Crippen molar-refractivity contribution in [1.29, 1.82) is 0 Å². The first-order valence-electron chi connectivity index (χ1n) is 4.27. The third-order valence-electron chi connectivity index (χ3n) is 1.90. The number of anilines is 1. The summed E-state index contributed by atoms with van der Waals surface area (Å²) < 4.78 is 35.9. The zero-order chi connectivity index (χ0) is 11.8. The van der Waals surface area contributed by atoms with Crippen LogP contribution in [0.4, 0.5) is 18.9 Å². The number of carbonyl (C=O) groups excluding carboxylic acids is 1. The second kappa shape index (κ2) is 3.89. The van der Waals surface area contributed by atoms with Gasteiger partial charge in [0.25, 0.3) is 0 Å². The number of alkyl halides is 3. The lowest BCUT2D eigenvalue weighted by Crippen LogP contribution is -2.33. The van der Waals surface area contributed by atoms with Crippen LogP contribution in [0.2, 0.25) is 0 Å². The lowest BCUT2D eigenvalue weighted by molar-refractivity contribution is -0.200. The Morgan fingerprint density at radius 3 is 2.75 bits per heavy atom. The zero-order valence-corrected chi connectivity index (χ0v) is 8.64. The number of benzene rings is 1. The lowest BCUT2D eigenvalue weighted by atomic mass is 10.3. The van der Waals surface area contributed by atoms with Crippen molar-refractivity contribution in [2.75, 3.05) is 10.9 Å². The van der Waals surface area contributed by atoms with Crippen LogP contribution >= 0.6 is 11.8 Å². The van der Waals surface area contributed by atoms with Crippen molar-refractivity contribution >= 4 is 23.4 Å². The van der Waals surface area contributed by atoms with Gasteiger partial charge < -0.3 is 4.84 Å². The number of halogens is 3. The molecule has 0 saturated carbocycles. The lowest BCUT2D eigenvalue weighted by Gasteiger charge is -2.17. The number of hydrogen-bond donors (Lipinski definition) is 0. The molecule has 0 spiro atoms. The molecule has 3 nitrogen and oxygen atoms in total. The molecule has 2 rings (SSSR count). The minimum Gasteiger partial charge on any atom is -0.331 e. The minimum absolute atomic E-state index is 0.168. The van der Waals surface area contributed by atoms with Crippen molar-refractivity contribution < 1.29 is 22.8 Å².